The number of anilines is 2. The van der Waals surface area contributed by atoms with Crippen LogP contribution in [0.25, 0.3) is 0 Å². The quantitative estimate of drug-likeness (QED) is 0.603. The SMILES string of the molecule is CCOC(=O)c1nnn(CCOc2ccc(N)c(C)c2)c1N. The molecule has 0 unspecified atom stereocenters. The predicted octanol–water partition coefficient (Wildman–Crippen LogP) is 1.01. The molecule has 0 saturated carbocycles. The number of nitrogens with zero attached hydrogens (tertiary/aromatic N) is 3. The Morgan fingerprint density at radius 2 is 2.14 bits per heavy atom. The number of benzene rings is 1. The minimum Gasteiger partial charge on any atom is -0.492 e. The molecule has 4 N–H and O–H groups in total. The molecule has 22 heavy (non-hydrogen) atoms. The van der Waals surface area contributed by atoms with E-state index in [-0.39, 0.29) is 18.1 Å². The van der Waals surface area contributed by atoms with E-state index in [0.29, 0.717) is 24.6 Å². The summed E-state index contributed by atoms with van der Waals surface area (Å²) in [6.07, 6.45) is 0. The van der Waals surface area contributed by atoms with Gasteiger partial charge in [-0.05, 0) is 37.6 Å². The Morgan fingerprint density at radius 3 is 2.82 bits per heavy atom. The standard InChI is InChI=1S/C14H19N5O3/c1-3-21-14(20)12-13(16)19(18-17-12)6-7-22-10-4-5-11(15)9(2)8-10/h4-5,8H,3,6-7,15-16H2,1-2H3. The largest absolute Gasteiger partial charge is 0.492 e. The number of nitrogens with two attached hydrogens (primary N) is 2. The summed E-state index contributed by atoms with van der Waals surface area (Å²) >= 11 is 0. The van der Waals surface area contributed by atoms with Crippen LogP contribution < -0.4 is 16.2 Å². The van der Waals surface area contributed by atoms with E-state index in [9.17, 15) is 4.79 Å². The van der Waals surface area contributed by atoms with E-state index in [0.717, 1.165) is 5.56 Å². The molecular formula is C14H19N5O3. The van der Waals surface area contributed by atoms with Gasteiger partial charge in [0.15, 0.2) is 5.82 Å². The van der Waals surface area contributed by atoms with Gasteiger partial charge in [0.25, 0.3) is 0 Å². The first-order valence-corrected chi connectivity index (χ1v) is 6.88. The topological polar surface area (TPSA) is 118 Å². The molecule has 8 nitrogen and oxygen atoms in total. The maximum Gasteiger partial charge on any atom is 0.362 e. The second kappa shape index (κ2) is 6.79. The van der Waals surface area contributed by atoms with Crippen LogP contribution in [0.15, 0.2) is 18.2 Å². The summed E-state index contributed by atoms with van der Waals surface area (Å²) in [6.45, 7) is 4.57. The van der Waals surface area contributed by atoms with Gasteiger partial charge in [0.1, 0.15) is 12.4 Å². The van der Waals surface area contributed by atoms with E-state index in [2.05, 4.69) is 10.3 Å². The molecule has 1 heterocycles. The van der Waals surface area contributed by atoms with Crippen molar-refractivity contribution in [2.45, 2.75) is 20.4 Å². The van der Waals surface area contributed by atoms with Gasteiger partial charge in [-0.25, -0.2) is 9.48 Å². The average Bonchev–Trinajstić information content (AvgIpc) is 2.84. The lowest BCUT2D eigenvalue weighted by atomic mass is 10.2. The van der Waals surface area contributed by atoms with Crippen LogP contribution in [0.1, 0.15) is 23.0 Å². The molecule has 0 aliphatic carbocycles. The van der Waals surface area contributed by atoms with Gasteiger partial charge in [-0.2, -0.15) is 0 Å². The van der Waals surface area contributed by atoms with Crippen molar-refractivity contribution in [1.82, 2.24) is 15.0 Å². The summed E-state index contributed by atoms with van der Waals surface area (Å²) in [6, 6.07) is 5.43. The molecular weight excluding hydrogens is 286 g/mol. The zero-order chi connectivity index (χ0) is 16.1. The third kappa shape index (κ3) is 3.46. The van der Waals surface area contributed by atoms with Gasteiger partial charge in [0.05, 0.1) is 13.2 Å². The second-order valence-electron chi connectivity index (χ2n) is 4.63. The number of ether oxygens (including phenoxy) is 2. The summed E-state index contributed by atoms with van der Waals surface area (Å²) in [5.41, 5.74) is 13.2. The molecule has 2 rings (SSSR count). The first-order chi connectivity index (χ1) is 10.5. The number of aryl methyl sites for hydroxylation is 1. The highest BCUT2D eigenvalue weighted by Crippen LogP contribution is 2.18. The molecule has 1 aromatic heterocycles. The second-order valence-corrected chi connectivity index (χ2v) is 4.63. The third-order valence-corrected chi connectivity index (χ3v) is 3.06. The molecule has 1 aromatic carbocycles. The molecule has 0 fully saturated rings. The molecule has 0 aliphatic rings. The van der Waals surface area contributed by atoms with Crippen molar-refractivity contribution in [2.75, 3.05) is 24.7 Å². The maximum absolute atomic E-state index is 11.6. The van der Waals surface area contributed by atoms with Crippen LogP contribution in [0, 0.1) is 6.92 Å². The van der Waals surface area contributed by atoms with Crippen molar-refractivity contribution in [1.29, 1.82) is 0 Å². The van der Waals surface area contributed by atoms with Gasteiger partial charge in [-0.3, -0.25) is 0 Å². The lowest BCUT2D eigenvalue weighted by molar-refractivity contribution is 0.0520. The van der Waals surface area contributed by atoms with E-state index in [1.165, 1.54) is 4.68 Å². The van der Waals surface area contributed by atoms with Gasteiger partial charge in [0, 0.05) is 5.69 Å². The fraction of sp³-hybridized carbons (Fsp3) is 0.357. The zero-order valence-electron chi connectivity index (χ0n) is 12.6. The van der Waals surface area contributed by atoms with Crippen LogP contribution in [-0.4, -0.2) is 34.2 Å². The fourth-order valence-corrected chi connectivity index (χ4v) is 1.82. The first kappa shape index (κ1) is 15.6. The van der Waals surface area contributed by atoms with Crippen molar-refractivity contribution in [3.8, 4) is 5.75 Å². The van der Waals surface area contributed by atoms with Crippen molar-refractivity contribution < 1.29 is 14.3 Å². The Morgan fingerprint density at radius 1 is 1.36 bits per heavy atom. The molecule has 8 heteroatoms. The van der Waals surface area contributed by atoms with Crippen LogP contribution in [0.4, 0.5) is 11.5 Å². The fourth-order valence-electron chi connectivity index (χ4n) is 1.82. The molecule has 0 saturated heterocycles. The highest BCUT2D eigenvalue weighted by atomic mass is 16.5. The Balaban J connectivity index is 1.94. The zero-order valence-corrected chi connectivity index (χ0v) is 12.6. The predicted molar refractivity (Wildman–Crippen MR) is 81.5 cm³/mol. The number of rotatable bonds is 6. The van der Waals surface area contributed by atoms with Gasteiger partial charge in [-0.1, -0.05) is 5.21 Å². The summed E-state index contributed by atoms with van der Waals surface area (Å²) < 4.78 is 11.8. The van der Waals surface area contributed by atoms with Crippen LogP contribution in [-0.2, 0) is 11.3 Å². The van der Waals surface area contributed by atoms with Crippen molar-refractivity contribution >= 4 is 17.5 Å². The van der Waals surface area contributed by atoms with E-state index < -0.39 is 5.97 Å². The normalized spacial score (nSPS) is 10.5. The number of carbonyl (C=O) groups is 1. The summed E-state index contributed by atoms with van der Waals surface area (Å²) in [7, 11) is 0. The molecule has 118 valence electrons. The number of aromatic nitrogens is 3. The lowest BCUT2D eigenvalue weighted by Crippen LogP contribution is -2.13. The molecule has 0 aliphatic heterocycles. The van der Waals surface area contributed by atoms with Gasteiger partial charge in [0.2, 0.25) is 5.69 Å². The molecule has 0 bridgehead atoms. The highest BCUT2D eigenvalue weighted by Gasteiger charge is 2.18. The minimum atomic E-state index is -0.582. The van der Waals surface area contributed by atoms with Crippen molar-refractivity contribution in [3.63, 3.8) is 0 Å². The number of hydrogen-bond donors (Lipinski definition) is 2. The highest BCUT2D eigenvalue weighted by molar-refractivity contribution is 5.91. The third-order valence-electron chi connectivity index (χ3n) is 3.06. The van der Waals surface area contributed by atoms with E-state index >= 15 is 0 Å². The average molecular weight is 305 g/mol. The van der Waals surface area contributed by atoms with Crippen LogP contribution >= 0.6 is 0 Å². The molecule has 2 aromatic rings. The Bertz CT molecular complexity index is 668. The maximum atomic E-state index is 11.6. The van der Waals surface area contributed by atoms with Crippen LogP contribution in [0.3, 0.4) is 0 Å². The number of carbonyl (C=O) groups excluding carboxylic acids is 1. The van der Waals surface area contributed by atoms with E-state index in [4.69, 9.17) is 20.9 Å². The summed E-state index contributed by atoms with van der Waals surface area (Å²) in [5, 5.41) is 7.55. The number of esters is 1. The van der Waals surface area contributed by atoms with E-state index in [1.807, 2.05) is 13.0 Å². The Hall–Kier alpha value is -2.77. The minimum absolute atomic E-state index is 0.0187. The van der Waals surface area contributed by atoms with Crippen LogP contribution in [0.2, 0.25) is 0 Å². The van der Waals surface area contributed by atoms with E-state index in [1.54, 1.807) is 19.1 Å². The van der Waals surface area contributed by atoms with Crippen molar-refractivity contribution in [3.05, 3.63) is 29.5 Å². The molecule has 0 radical (unpaired) electrons. The summed E-state index contributed by atoms with van der Waals surface area (Å²) in [4.78, 5) is 11.6. The van der Waals surface area contributed by atoms with Gasteiger partial charge >= 0.3 is 5.97 Å². The monoisotopic (exact) mass is 305 g/mol. The lowest BCUT2D eigenvalue weighted by Gasteiger charge is -2.08. The Kier molecular flexibility index (Phi) is 4.82. The Labute approximate surface area is 128 Å². The van der Waals surface area contributed by atoms with Crippen molar-refractivity contribution in [2.24, 2.45) is 0 Å². The van der Waals surface area contributed by atoms with Gasteiger partial charge in [-0.15, -0.1) is 5.10 Å². The van der Waals surface area contributed by atoms with Crippen LogP contribution in [0.5, 0.6) is 5.75 Å². The number of nitrogen functional groups attached to an aromatic ring is 2. The molecule has 0 amide bonds. The molecule has 0 atom stereocenters. The molecule has 0 spiro atoms. The smallest absolute Gasteiger partial charge is 0.362 e. The van der Waals surface area contributed by atoms with Gasteiger partial charge < -0.3 is 20.9 Å². The summed E-state index contributed by atoms with van der Waals surface area (Å²) in [5.74, 6) is 0.285. The number of hydrogen-bond acceptors (Lipinski definition) is 7. The first-order valence-electron chi connectivity index (χ1n) is 6.88.